The zero-order valence-corrected chi connectivity index (χ0v) is 18.9. The van der Waals surface area contributed by atoms with Crippen molar-refractivity contribution in [2.45, 2.75) is 91.3 Å². The van der Waals surface area contributed by atoms with Gasteiger partial charge < -0.3 is 9.47 Å². The lowest BCUT2D eigenvalue weighted by molar-refractivity contribution is -0.181. The van der Waals surface area contributed by atoms with Crippen LogP contribution in [0.3, 0.4) is 0 Å². The van der Waals surface area contributed by atoms with Crippen molar-refractivity contribution in [2.24, 2.45) is 22.7 Å². The second-order valence-corrected chi connectivity index (χ2v) is 10.3. The molecule has 0 spiro atoms. The van der Waals surface area contributed by atoms with E-state index in [1.54, 1.807) is 6.92 Å². The summed E-state index contributed by atoms with van der Waals surface area (Å²) in [5.41, 5.74) is 1.52. The first-order valence-corrected chi connectivity index (χ1v) is 11.3. The number of esters is 2. The van der Waals surface area contributed by atoms with Gasteiger partial charge in [-0.15, -0.1) is 0 Å². The molecular weight excluding hydrogens is 380 g/mol. The summed E-state index contributed by atoms with van der Waals surface area (Å²) in [6, 6.07) is 0. The molecule has 3 fully saturated rings. The van der Waals surface area contributed by atoms with Gasteiger partial charge in [-0.2, -0.15) is 0 Å². The molecule has 0 bridgehead atoms. The van der Waals surface area contributed by atoms with Gasteiger partial charge in [-0.1, -0.05) is 37.1 Å². The minimum atomic E-state index is -1.01. The molecule has 5 heteroatoms. The van der Waals surface area contributed by atoms with Gasteiger partial charge >= 0.3 is 11.9 Å². The molecule has 4 rings (SSSR count). The Morgan fingerprint density at radius 1 is 0.900 bits per heavy atom. The van der Waals surface area contributed by atoms with Crippen LogP contribution in [0.5, 0.6) is 0 Å². The predicted molar refractivity (Wildman–Crippen MR) is 112 cm³/mol. The maximum absolute atomic E-state index is 12.8. The topological polar surface area (TPSA) is 69.7 Å². The fourth-order valence-electron chi connectivity index (χ4n) is 7.37. The lowest BCUT2D eigenvalue weighted by Crippen LogP contribution is -2.56. The fourth-order valence-corrected chi connectivity index (χ4v) is 7.37. The summed E-state index contributed by atoms with van der Waals surface area (Å²) >= 11 is 0. The van der Waals surface area contributed by atoms with Crippen LogP contribution in [0.4, 0.5) is 0 Å². The number of fused-ring (bicyclic) bond motifs is 5. The highest BCUT2D eigenvalue weighted by molar-refractivity contribution is 5.89. The molecule has 0 radical (unpaired) electrons. The van der Waals surface area contributed by atoms with E-state index in [-0.39, 0.29) is 40.6 Å². The van der Waals surface area contributed by atoms with Crippen LogP contribution in [-0.4, -0.2) is 29.4 Å². The molecule has 4 aliphatic carbocycles. The molecule has 30 heavy (non-hydrogen) atoms. The summed E-state index contributed by atoms with van der Waals surface area (Å²) in [7, 11) is 0. The molecule has 6 atom stereocenters. The molecule has 164 valence electrons. The highest BCUT2D eigenvalue weighted by Gasteiger charge is 2.66. The first-order valence-electron chi connectivity index (χ1n) is 11.3. The van der Waals surface area contributed by atoms with E-state index in [0.29, 0.717) is 12.3 Å². The number of ether oxygens (including phenoxy) is 2. The van der Waals surface area contributed by atoms with Crippen LogP contribution in [0.1, 0.15) is 79.6 Å². The van der Waals surface area contributed by atoms with Crippen LogP contribution >= 0.6 is 0 Å². The standard InChI is InChI=1S/C25H34O5/c1-15(26)25(30-17(3)28)13-10-22-20-7-6-18-14-19(29-16(2)27)8-11-23(18,4)21(20)9-12-24(22,25)5/h6-7,19,21-22H,8-14H2,1-5H3/t19?,21-,22-,23-,24-,25+/m0/s1. The zero-order chi connectivity index (χ0) is 21.9. The third kappa shape index (κ3) is 2.91. The maximum Gasteiger partial charge on any atom is 0.303 e. The Morgan fingerprint density at radius 3 is 2.23 bits per heavy atom. The number of ketones is 1. The average Bonchev–Trinajstić information content (AvgIpc) is 2.94. The number of hydrogen-bond donors (Lipinski definition) is 0. The zero-order valence-electron chi connectivity index (χ0n) is 18.9. The van der Waals surface area contributed by atoms with Gasteiger partial charge in [0.05, 0.1) is 0 Å². The van der Waals surface area contributed by atoms with Crippen molar-refractivity contribution >= 4 is 17.7 Å². The van der Waals surface area contributed by atoms with Gasteiger partial charge in [0.1, 0.15) is 6.10 Å². The van der Waals surface area contributed by atoms with Crippen LogP contribution in [0.15, 0.2) is 23.3 Å². The van der Waals surface area contributed by atoms with E-state index in [1.807, 2.05) is 0 Å². The number of allylic oxidation sites excluding steroid dienone is 3. The summed E-state index contributed by atoms with van der Waals surface area (Å²) in [5.74, 6) is 0.0857. The Hall–Kier alpha value is -1.91. The summed E-state index contributed by atoms with van der Waals surface area (Å²) in [6.45, 7) is 8.99. The second kappa shape index (κ2) is 7.06. The Morgan fingerprint density at radius 2 is 1.60 bits per heavy atom. The fraction of sp³-hybridized carbons (Fsp3) is 0.720. The van der Waals surface area contributed by atoms with Gasteiger partial charge in [-0.05, 0) is 62.7 Å². The Kier molecular flexibility index (Phi) is 5.02. The van der Waals surface area contributed by atoms with Crippen molar-refractivity contribution in [1.82, 2.24) is 0 Å². The quantitative estimate of drug-likeness (QED) is 0.627. The van der Waals surface area contributed by atoms with Crippen molar-refractivity contribution in [1.29, 1.82) is 0 Å². The number of Topliss-reactive ketones (excluding diaryl/α,β-unsaturated/α-hetero) is 1. The highest BCUT2D eigenvalue weighted by atomic mass is 16.6. The summed E-state index contributed by atoms with van der Waals surface area (Å²) in [6.07, 6.45) is 10.5. The highest BCUT2D eigenvalue weighted by Crippen LogP contribution is 2.66. The predicted octanol–water partition coefficient (Wildman–Crippen LogP) is 4.69. The first-order chi connectivity index (χ1) is 14.0. The molecule has 0 heterocycles. The number of carbonyl (C=O) groups excluding carboxylic acids is 3. The number of carbonyl (C=O) groups is 3. The maximum atomic E-state index is 12.8. The van der Waals surface area contributed by atoms with Crippen LogP contribution in [0.25, 0.3) is 0 Å². The lowest BCUT2D eigenvalue weighted by atomic mass is 9.49. The Labute approximate surface area is 179 Å². The van der Waals surface area contributed by atoms with Gasteiger partial charge in [0.2, 0.25) is 0 Å². The Bertz CT molecular complexity index is 854. The van der Waals surface area contributed by atoms with Crippen LogP contribution in [-0.2, 0) is 23.9 Å². The van der Waals surface area contributed by atoms with E-state index >= 15 is 0 Å². The second-order valence-electron chi connectivity index (χ2n) is 10.3. The minimum Gasteiger partial charge on any atom is -0.462 e. The van der Waals surface area contributed by atoms with Crippen LogP contribution < -0.4 is 0 Å². The largest absolute Gasteiger partial charge is 0.462 e. The minimum absolute atomic E-state index is 0.0218. The van der Waals surface area contributed by atoms with Crippen LogP contribution in [0, 0.1) is 22.7 Å². The van der Waals surface area contributed by atoms with E-state index < -0.39 is 5.60 Å². The molecule has 4 aliphatic rings. The number of hydrogen-bond acceptors (Lipinski definition) is 5. The molecule has 0 N–H and O–H groups in total. The molecular formula is C25H34O5. The van der Waals surface area contributed by atoms with Gasteiger partial charge in [0, 0.05) is 25.7 Å². The van der Waals surface area contributed by atoms with Crippen molar-refractivity contribution in [3.05, 3.63) is 23.3 Å². The molecule has 0 aliphatic heterocycles. The third-order valence-electron chi connectivity index (χ3n) is 8.87. The third-order valence-corrected chi connectivity index (χ3v) is 8.87. The molecule has 0 aromatic heterocycles. The molecule has 5 nitrogen and oxygen atoms in total. The van der Waals surface area contributed by atoms with Gasteiger partial charge in [-0.25, -0.2) is 0 Å². The van der Waals surface area contributed by atoms with Crippen molar-refractivity contribution in [3.8, 4) is 0 Å². The first kappa shape index (κ1) is 21.3. The molecule has 1 unspecified atom stereocenters. The molecule has 3 saturated carbocycles. The van der Waals surface area contributed by atoms with Gasteiger partial charge in [-0.3, -0.25) is 14.4 Å². The van der Waals surface area contributed by atoms with Crippen LogP contribution in [0.2, 0.25) is 0 Å². The van der Waals surface area contributed by atoms with E-state index in [0.717, 1.165) is 38.5 Å². The van der Waals surface area contributed by atoms with Crippen molar-refractivity contribution in [3.63, 3.8) is 0 Å². The molecule has 0 aromatic rings. The smallest absolute Gasteiger partial charge is 0.303 e. The Balaban J connectivity index is 1.68. The van der Waals surface area contributed by atoms with E-state index in [1.165, 1.54) is 25.0 Å². The summed E-state index contributed by atoms with van der Waals surface area (Å²) in [4.78, 5) is 36.1. The average molecular weight is 415 g/mol. The molecule has 0 saturated heterocycles. The monoisotopic (exact) mass is 414 g/mol. The van der Waals surface area contributed by atoms with Crippen molar-refractivity contribution in [2.75, 3.05) is 0 Å². The van der Waals surface area contributed by atoms with Gasteiger partial charge in [0.15, 0.2) is 11.4 Å². The summed E-state index contributed by atoms with van der Waals surface area (Å²) in [5, 5.41) is 0. The lowest BCUT2D eigenvalue weighted by Gasteiger charge is -2.56. The summed E-state index contributed by atoms with van der Waals surface area (Å²) < 4.78 is 11.3. The van der Waals surface area contributed by atoms with E-state index in [9.17, 15) is 14.4 Å². The SMILES string of the molecule is CC(=O)OC1CC[C@@]2(C)C(=CC=C3[C@@H]2CC[C@@]2(C)[C@H]3CC[C@@]2(OC(C)=O)C(C)=O)C1. The van der Waals surface area contributed by atoms with E-state index in [2.05, 4.69) is 26.0 Å². The molecule has 0 aromatic carbocycles. The van der Waals surface area contributed by atoms with E-state index in [4.69, 9.17) is 9.47 Å². The normalized spacial score (nSPS) is 42.1. The van der Waals surface area contributed by atoms with Crippen molar-refractivity contribution < 1.29 is 23.9 Å². The molecule has 0 amide bonds. The number of rotatable bonds is 3. The van der Waals surface area contributed by atoms with Gasteiger partial charge in [0.25, 0.3) is 0 Å².